The van der Waals surface area contributed by atoms with Crippen molar-refractivity contribution in [1.29, 1.82) is 0 Å². The third kappa shape index (κ3) is 2.74. The summed E-state index contributed by atoms with van der Waals surface area (Å²) in [4.78, 5) is 14.2. The highest BCUT2D eigenvalue weighted by Gasteiger charge is 2.26. The van der Waals surface area contributed by atoms with Crippen molar-refractivity contribution in [3.05, 3.63) is 47.5 Å². The number of carbonyl (C=O) groups is 1. The number of carbonyl (C=O) groups excluding carboxylic acids is 1. The minimum absolute atomic E-state index is 0.0560. The molecule has 0 spiro atoms. The molecule has 110 valence electrons. The van der Waals surface area contributed by atoms with Crippen LogP contribution in [-0.2, 0) is 0 Å². The third-order valence-electron chi connectivity index (χ3n) is 3.92. The Kier molecular flexibility index (Phi) is 3.60. The normalized spacial score (nSPS) is 18.7. The molecule has 2 aromatic rings. The van der Waals surface area contributed by atoms with Crippen molar-refractivity contribution in [2.75, 3.05) is 18.8 Å². The van der Waals surface area contributed by atoms with Crippen LogP contribution in [0.25, 0.3) is 0 Å². The second-order valence-corrected chi connectivity index (χ2v) is 5.34. The molecule has 1 aliphatic rings. The standard InChI is InChI=1S/C15H17FN4O/c16-12-8-10(3-4-13(12)17)15(21)20-7-1-2-11(9-20)14-5-6-18-19-14/h3-6,8,11H,1-2,7,9,17H2,(H,18,19). The number of anilines is 1. The lowest BCUT2D eigenvalue weighted by atomic mass is 9.94. The molecule has 3 N–H and O–H groups in total. The van der Waals surface area contributed by atoms with Crippen molar-refractivity contribution in [2.45, 2.75) is 18.8 Å². The molecule has 0 aliphatic carbocycles. The summed E-state index contributed by atoms with van der Waals surface area (Å²) in [6, 6.07) is 6.14. The summed E-state index contributed by atoms with van der Waals surface area (Å²) in [5.74, 6) is -0.454. The van der Waals surface area contributed by atoms with Gasteiger partial charge in [0.25, 0.3) is 5.91 Å². The van der Waals surface area contributed by atoms with Crippen molar-refractivity contribution in [3.8, 4) is 0 Å². The molecule has 1 fully saturated rings. The van der Waals surface area contributed by atoms with Gasteiger partial charge in [0.05, 0.1) is 5.69 Å². The van der Waals surface area contributed by atoms with Crippen LogP contribution in [0, 0.1) is 5.82 Å². The Bertz CT molecular complexity index is 641. The summed E-state index contributed by atoms with van der Waals surface area (Å²) in [5.41, 5.74) is 6.88. The van der Waals surface area contributed by atoms with Gasteiger partial charge in [-0.25, -0.2) is 4.39 Å². The van der Waals surface area contributed by atoms with Crippen molar-refractivity contribution < 1.29 is 9.18 Å². The van der Waals surface area contributed by atoms with Crippen LogP contribution in [-0.4, -0.2) is 34.1 Å². The number of benzene rings is 1. The monoisotopic (exact) mass is 288 g/mol. The van der Waals surface area contributed by atoms with Gasteiger partial charge < -0.3 is 10.6 Å². The number of nitrogens with zero attached hydrogens (tertiary/aromatic N) is 2. The Hall–Kier alpha value is -2.37. The van der Waals surface area contributed by atoms with Gasteiger partial charge in [0, 0.05) is 36.5 Å². The van der Waals surface area contributed by atoms with Crippen LogP contribution in [0.5, 0.6) is 0 Å². The maximum atomic E-state index is 13.5. The molecule has 1 saturated heterocycles. The molecule has 3 rings (SSSR count). The zero-order valence-electron chi connectivity index (χ0n) is 11.6. The quantitative estimate of drug-likeness (QED) is 0.831. The summed E-state index contributed by atoms with van der Waals surface area (Å²) in [5, 5.41) is 6.91. The SMILES string of the molecule is Nc1ccc(C(=O)N2CCCC(c3ccn[nH]3)C2)cc1F. The number of nitrogen functional groups attached to an aromatic ring is 1. The number of aromatic amines is 1. The molecule has 21 heavy (non-hydrogen) atoms. The number of aromatic nitrogens is 2. The lowest BCUT2D eigenvalue weighted by Gasteiger charge is -2.32. The second kappa shape index (κ2) is 5.55. The van der Waals surface area contributed by atoms with Gasteiger partial charge in [0.2, 0.25) is 0 Å². The fourth-order valence-corrected chi connectivity index (χ4v) is 2.75. The predicted octanol–water partition coefficient (Wildman–Crippen LogP) is 2.15. The number of H-pyrrole nitrogens is 1. The number of hydrogen-bond acceptors (Lipinski definition) is 3. The van der Waals surface area contributed by atoms with Gasteiger partial charge in [-0.3, -0.25) is 9.89 Å². The molecule has 1 amide bonds. The molecule has 1 aromatic heterocycles. The molecule has 5 nitrogen and oxygen atoms in total. The van der Waals surface area contributed by atoms with E-state index >= 15 is 0 Å². The number of nitrogens with one attached hydrogen (secondary N) is 1. The van der Waals surface area contributed by atoms with Gasteiger partial charge in [0.15, 0.2) is 0 Å². The summed E-state index contributed by atoms with van der Waals surface area (Å²) in [6.45, 7) is 1.31. The van der Waals surface area contributed by atoms with E-state index in [2.05, 4.69) is 10.2 Å². The molecule has 1 atom stereocenters. The first-order valence-corrected chi connectivity index (χ1v) is 6.98. The number of hydrogen-bond donors (Lipinski definition) is 2. The molecule has 0 radical (unpaired) electrons. The van der Waals surface area contributed by atoms with Crippen LogP contribution in [0.15, 0.2) is 30.5 Å². The Morgan fingerprint density at radius 1 is 1.43 bits per heavy atom. The predicted molar refractivity (Wildman–Crippen MR) is 77.3 cm³/mol. The van der Waals surface area contributed by atoms with Crippen LogP contribution >= 0.6 is 0 Å². The smallest absolute Gasteiger partial charge is 0.253 e. The summed E-state index contributed by atoms with van der Waals surface area (Å²) < 4.78 is 13.5. The van der Waals surface area contributed by atoms with E-state index in [4.69, 9.17) is 5.73 Å². The van der Waals surface area contributed by atoms with E-state index < -0.39 is 5.82 Å². The summed E-state index contributed by atoms with van der Waals surface area (Å²) in [7, 11) is 0. The molecule has 1 aliphatic heterocycles. The highest BCUT2D eigenvalue weighted by molar-refractivity contribution is 5.94. The first-order chi connectivity index (χ1) is 10.1. The molecule has 1 aromatic carbocycles. The van der Waals surface area contributed by atoms with E-state index in [0.717, 1.165) is 18.5 Å². The van der Waals surface area contributed by atoms with Crippen molar-refractivity contribution in [1.82, 2.24) is 15.1 Å². The van der Waals surface area contributed by atoms with Crippen LogP contribution in [0.4, 0.5) is 10.1 Å². The summed E-state index contributed by atoms with van der Waals surface area (Å²) in [6.07, 6.45) is 3.65. The average molecular weight is 288 g/mol. The van der Waals surface area contributed by atoms with E-state index in [0.29, 0.717) is 18.7 Å². The van der Waals surface area contributed by atoms with Crippen molar-refractivity contribution in [2.24, 2.45) is 0 Å². The molecule has 1 unspecified atom stereocenters. The number of likely N-dealkylation sites (tertiary alicyclic amines) is 1. The minimum atomic E-state index is -0.553. The fraction of sp³-hybridized carbons (Fsp3) is 0.333. The average Bonchev–Trinajstić information content (AvgIpc) is 3.04. The minimum Gasteiger partial charge on any atom is -0.396 e. The maximum absolute atomic E-state index is 13.5. The van der Waals surface area contributed by atoms with Gasteiger partial charge in [0.1, 0.15) is 5.82 Å². The van der Waals surface area contributed by atoms with Crippen LogP contribution in [0.3, 0.4) is 0 Å². The number of nitrogens with two attached hydrogens (primary N) is 1. The maximum Gasteiger partial charge on any atom is 0.253 e. The van der Waals surface area contributed by atoms with Crippen molar-refractivity contribution in [3.63, 3.8) is 0 Å². The Balaban J connectivity index is 1.76. The first kappa shape index (κ1) is 13.6. The summed E-state index contributed by atoms with van der Waals surface area (Å²) >= 11 is 0. The van der Waals surface area contributed by atoms with E-state index in [1.807, 2.05) is 6.07 Å². The molecular formula is C15H17FN4O. The Morgan fingerprint density at radius 2 is 2.29 bits per heavy atom. The number of rotatable bonds is 2. The second-order valence-electron chi connectivity index (χ2n) is 5.34. The molecule has 2 heterocycles. The Labute approximate surface area is 121 Å². The first-order valence-electron chi connectivity index (χ1n) is 6.98. The number of amides is 1. The lowest BCUT2D eigenvalue weighted by Crippen LogP contribution is -2.39. The van der Waals surface area contributed by atoms with Crippen LogP contribution < -0.4 is 5.73 Å². The van der Waals surface area contributed by atoms with Crippen molar-refractivity contribution >= 4 is 11.6 Å². The van der Waals surface area contributed by atoms with E-state index in [9.17, 15) is 9.18 Å². The fourth-order valence-electron chi connectivity index (χ4n) is 2.75. The zero-order valence-corrected chi connectivity index (χ0v) is 11.6. The Morgan fingerprint density at radius 3 is 3.00 bits per heavy atom. The van der Waals surface area contributed by atoms with Gasteiger partial charge in [-0.2, -0.15) is 5.10 Å². The zero-order chi connectivity index (χ0) is 14.8. The third-order valence-corrected chi connectivity index (χ3v) is 3.92. The van der Waals surface area contributed by atoms with E-state index in [1.54, 1.807) is 17.2 Å². The van der Waals surface area contributed by atoms with Gasteiger partial charge >= 0.3 is 0 Å². The lowest BCUT2D eigenvalue weighted by molar-refractivity contribution is 0.0705. The van der Waals surface area contributed by atoms with E-state index in [1.165, 1.54) is 12.1 Å². The number of halogens is 1. The molecule has 0 bridgehead atoms. The molecular weight excluding hydrogens is 271 g/mol. The van der Waals surface area contributed by atoms with Gasteiger partial charge in [-0.1, -0.05) is 0 Å². The van der Waals surface area contributed by atoms with Crippen LogP contribution in [0.1, 0.15) is 34.8 Å². The highest BCUT2D eigenvalue weighted by Crippen LogP contribution is 2.26. The largest absolute Gasteiger partial charge is 0.396 e. The number of piperidine rings is 1. The molecule has 0 saturated carbocycles. The highest BCUT2D eigenvalue weighted by atomic mass is 19.1. The molecule has 6 heteroatoms. The van der Waals surface area contributed by atoms with E-state index in [-0.39, 0.29) is 17.5 Å². The topological polar surface area (TPSA) is 75.0 Å². The van der Waals surface area contributed by atoms with Gasteiger partial charge in [-0.05, 0) is 37.1 Å². The van der Waals surface area contributed by atoms with Crippen LogP contribution in [0.2, 0.25) is 0 Å². The van der Waals surface area contributed by atoms with Gasteiger partial charge in [-0.15, -0.1) is 0 Å².